The smallest absolute Gasteiger partial charge is 0.332 e. The van der Waals surface area contributed by atoms with E-state index in [1.54, 1.807) is 0 Å². The van der Waals surface area contributed by atoms with Crippen LogP contribution in [0.2, 0.25) is 0 Å². The molecule has 4 aliphatic rings. The highest BCUT2D eigenvalue weighted by atomic mass is 19.4. The number of nitrogens with zero attached hydrogens (tertiary/aromatic N) is 2. The summed E-state index contributed by atoms with van der Waals surface area (Å²) < 4.78 is 40.6. The maximum atomic E-state index is 13.9. The minimum atomic E-state index is -4.42. The number of aromatic nitrogens is 2. The number of hydrogen-bond acceptors (Lipinski definition) is 3. The molecule has 6 nitrogen and oxygen atoms in total. The molecule has 3 saturated carbocycles. The summed E-state index contributed by atoms with van der Waals surface area (Å²) in [5.41, 5.74) is 2.09. The number of alkyl halides is 3. The van der Waals surface area contributed by atoms with E-state index in [0.29, 0.717) is 24.9 Å². The molecule has 9 heteroatoms. The number of carbonyl (C=O) groups excluding carboxylic acids is 2. The van der Waals surface area contributed by atoms with Crippen LogP contribution in [-0.2, 0) is 11.0 Å². The van der Waals surface area contributed by atoms with Crippen LogP contribution in [0.25, 0.3) is 11.3 Å². The van der Waals surface area contributed by atoms with Crippen molar-refractivity contribution in [3.05, 3.63) is 72.2 Å². The van der Waals surface area contributed by atoms with E-state index in [1.165, 1.54) is 12.1 Å². The van der Waals surface area contributed by atoms with Gasteiger partial charge in [-0.3, -0.25) is 4.79 Å². The van der Waals surface area contributed by atoms with Gasteiger partial charge in [-0.2, -0.15) is 13.2 Å². The zero-order valence-corrected chi connectivity index (χ0v) is 20.9. The lowest BCUT2D eigenvalue weighted by atomic mass is 9.65. The van der Waals surface area contributed by atoms with Crippen LogP contribution < -0.4 is 10.6 Å². The maximum absolute atomic E-state index is 13.9. The van der Waals surface area contributed by atoms with Gasteiger partial charge in [0.2, 0.25) is 0 Å². The highest BCUT2D eigenvalue weighted by molar-refractivity contribution is 5.90. The van der Waals surface area contributed by atoms with Gasteiger partial charge in [0, 0.05) is 28.6 Å². The Morgan fingerprint density at radius 2 is 1.71 bits per heavy atom. The molecule has 1 unspecified atom stereocenters. The van der Waals surface area contributed by atoms with E-state index >= 15 is 0 Å². The normalized spacial score (nSPS) is 25.8. The molecule has 2 bridgehead atoms. The highest BCUT2D eigenvalue weighted by Crippen LogP contribution is 2.52. The number of halogens is 3. The Morgan fingerprint density at radius 3 is 2.45 bits per heavy atom. The Morgan fingerprint density at radius 1 is 0.974 bits per heavy atom. The predicted octanol–water partition coefficient (Wildman–Crippen LogP) is 6.74. The summed E-state index contributed by atoms with van der Waals surface area (Å²) in [6.07, 6.45) is 4.93. The molecule has 38 heavy (non-hydrogen) atoms. The summed E-state index contributed by atoms with van der Waals surface area (Å²) in [5, 5.41) is 5.78. The number of carbonyl (C=O) groups is 2. The van der Waals surface area contributed by atoms with Gasteiger partial charge in [0.05, 0.1) is 29.8 Å². The van der Waals surface area contributed by atoms with E-state index < -0.39 is 23.3 Å². The second-order valence-corrected chi connectivity index (χ2v) is 11.0. The molecule has 2 N–H and O–H groups in total. The van der Waals surface area contributed by atoms with E-state index in [4.69, 9.17) is 0 Å². The molecule has 2 amide bonds. The van der Waals surface area contributed by atoms with E-state index in [-0.39, 0.29) is 17.2 Å². The summed E-state index contributed by atoms with van der Waals surface area (Å²) in [4.78, 5) is 31.0. The lowest BCUT2D eigenvalue weighted by molar-refractivity contribution is -0.137. The van der Waals surface area contributed by atoms with Crippen molar-refractivity contribution in [2.45, 2.75) is 69.1 Å². The van der Waals surface area contributed by atoms with Gasteiger partial charge >= 0.3 is 12.2 Å². The SMILES string of the molecule is O=C(Nc1ccc(C(F)(F)F)cc1)NC12CCCC(C(=O)CC3c4ccccc4-c4cncn43)(CC1)CC2. The third-order valence-corrected chi connectivity index (χ3v) is 8.89. The van der Waals surface area contributed by atoms with Crippen LogP contribution in [0.4, 0.5) is 23.7 Å². The van der Waals surface area contributed by atoms with Crippen molar-refractivity contribution in [3.63, 3.8) is 0 Å². The zero-order chi connectivity index (χ0) is 26.5. The first-order chi connectivity index (χ1) is 18.2. The van der Waals surface area contributed by atoms with E-state index in [1.807, 2.05) is 24.7 Å². The number of Topliss-reactive ketones (excluding diaryl/α,β-unsaturated/α-hetero) is 1. The van der Waals surface area contributed by atoms with Crippen LogP contribution in [0.3, 0.4) is 0 Å². The van der Waals surface area contributed by atoms with E-state index in [9.17, 15) is 22.8 Å². The third kappa shape index (κ3) is 4.27. The predicted molar refractivity (Wildman–Crippen MR) is 137 cm³/mol. The molecule has 1 atom stereocenters. The van der Waals surface area contributed by atoms with Gasteiger partial charge in [-0.1, -0.05) is 30.7 Å². The monoisotopic (exact) mass is 522 g/mol. The van der Waals surface area contributed by atoms with Gasteiger partial charge in [0.1, 0.15) is 5.78 Å². The van der Waals surface area contributed by atoms with Crippen molar-refractivity contribution in [1.29, 1.82) is 0 Å². The molecule has 2 heterocycles. The number of hydrogen-bond donors (Lipinski definition) is 2. The Kier molecular flexibility index (Phi) is 5.85. The van der Waals surface area contributed by atoms with Gasteiger partial charge < -0.3 is 15.2 Å². The van der Waals surface area contributed by atoms with Gasteiger partial charge in [-0.15, -0.1) is 0 Å². The van der Waals surface area contributed by atoms with E-state index in [0.717, 1.165) is 61.1 Å². The van der Waals surface area contributed by atoms with Crippen LogP contribution in [0, 0.1) is 5.41 Å². The molecule has 198 valence electrons. The molecule has 3 aromatic rings. The third-order valence-electron chi connectivity index (χ3n) is 8.89. The van der Waals surface area contributed by atoms with Crippen molar-refractivity contribution in [3.8, 4) is 11.3 Å². The van der Waals surface area contributed by atoms with Gasteiger partial charge in [0.25, 0.3) is 0 Å². The lowest BCUT2D eigenvalue weighted by Crippen LogP contribution is -2.52. The van der Waals surface area contributed by atoms with Gasteiger partial charge in [-0.05, 0) is 68.4 Å². The molecule has 3 aliphatic carbocycles. The first-order valence-corrected chi connectivity index (χ1v) is 13.1. The van der Waals surface area contributed by atoms with Gasteiger partial charge in [-0.25, -0.2) is 9.78 Å². The van der Waals surface area contributed by atoms with Crippen LogP contribution >= 0.6 is 0 Å². The maximum Gasteiger partial charge on any atom is 0.416 e. The Bertz CT molecular complexity index is 1370. The fourth-order valence-corrected chi connectivity index (χ4v) is 6.76. The molecule has 0 saturated heterocycles. The number of amides is 2. The summed E-state index contributed by atoms with van der Waals surface area (Å²) in [6.45, 7) is 0. The minimum Gasteiger partial charge on any atom is -0.332 e. The molecule has 3 fully saturated rings. The second-order valence-electron chi connectivity index (χ2n) is 11.0. The van der Waals surface area contributed by atoms with Crippen LogP contribution in [0.15, 0.2) is 61.1 Å². The fraction of sp³-hybridized carbons (Fsp3) is 0.414. The highest BCUT2D eigenvalue weighted by Gasteiger charge is 2.50. The lowest BCUT2D eigenvalue weighted by Gasteiger charge is -2.42. The number of imidazole rings is 1. The van der Waals surface area contributed by atoms with E-state index in [2.05, 4.69) is 32.3 Å². The van der Waals surface area contributed by atoms with Crippen LogP contribution in [0.1, 0.15) is 68.5 Å². The standard InChI is InChI=1S/C29H29F3N4O2/c30-29(31,32)19-6-8-20(9-7-19)34-26(38)35-28-11-3-10-27(12-14-28,13-15-28)25(37)16-23-21-4-1-2-5-22(21)24-17-33-18-36(23)24/h1-2,4-9,17-18,23H,3,10-16H2,(H2,34,35,38). The average Bonchev–Trinajstić information content (AvgIpc) is 3.36. The Balaban J connectivity index is 1.11. The number of benzene rings is 2. The Labute approximate surface area is 218 Å². The summed E-state index contributed by atoms with van der Waals surface area (Å²) >= 11 is 0. The van der Waals surface area contributed by atoms with Crippen LogP contribution in [-0.4, -0.2) is 26.9 Å². The molecule has 7 rings (SSSR count). The summed E-state index contributed by atoms with van der Waals surface area (Å²) in [7, 11) is 0. The van der Waals surface area contributed by atoms with Gasteiger partial charge in [0.15, 0.2) is 0 Å². The molecule has 1 aromatic heterocycles. The molecular formula is C29H29F3N4O2. The number of rotatable bonds is 5. The molecule has 0 spiro atoms. The molecule has 1 aliphatic heterocycles. The largest absolute Gasteiger partial charge is 0.416 e. The van der Waals surface area contributed by atoms with Crippen molar-refractivity contribution >= 4 is 17.5 Å². The van der Waals surface area contributed by atoms with Crippen molar-refractivity contribution in [2.24, 2.45) is 5.41 Å². The second kappa shape index (κ2) is 8.99. The first kappa shape index (κ1) is 24.7. The zero-order valence-electron chi connectivity index (χ0n) is 20.9. The topological polar surface area (TPSA) is 76.0 Å². The molecule has 2 aromatic carbocycles. The van der Waals surface area contributed by atoms with Crippen molar-refractivity contribution in [2.75, 3.05) is 5.32 Å². The Hall–Kier alpha value is -3.62. The summed E-state index contributed by atoms with van der Waals surface area (Å²) in [6, 6.07) is 12.1. The van der Waals surface area contributed by atoms with Crippen molar-refractivity contribution in [1.82, 2.24) is 14.9 Å². The number of urea groups is 1. The van der Waals surface area contributed by atoms with Crippen LogP contribution in [0.5, 0.6) is 0 Å². The molecular weight excluding hydrogens is 493 g/mol. The number of fused-ring (bicyclic) bond motifs is 7. The summed E-state index contributed by atoms with van der Waals surface area (Å²) in [5.74, 6) is 0.281. The van der Waals surface area contributed by atoms with Crippen molar-refractivity contribution < 1.29 is 22.8 Å². The number of nitrogens with one attached hydrogen (secondary N) is 2. The fourth-order valence-electron chi connectivity index (χ4n) is 6.76. The quantitative estimate of drug-likeness (QED) is 0.390. The number of anilines is 1. The average molecular weight is 523 g/mol. The molecule has 0 radical (unpaired) electrons. The first-order valence-electron chi connectivity index (χ1n) is 13.1. The minimum absolute atomic E-state index is 0.0480. The number of ketones is 1.